The van der Waals surface area contributed by atoms with Crippen molar-refractivity contribution in [1.29, 1.82) is 0 Å². The van der Waals surface area contributed by atoms with Gasteiger partial charge in [-0.3, -0.25) is 4.99 Å². The Morgan fingerprint density at radius 2 is 2.00 bits per heavy atom. The Morgan fingerprint density at radius 3 is 2.55 bits per heavy atom. The Kier molecular flexibility index (Phi) is 11.9. The molecule has 2 N–H and O–H groups in total. The topological polar surface area (TPSA) is 49.3 Å². The Labute approximate surface area is 156 Å². The molecule has 0 aliphatic heterocycles. The van der Waals surface area contributed by atoms with Gasteiger partial charge in [-0.05, 0) is 27.2 Å². The smallest absolute Gasteiger partial charge is 0.191 e. The molecule has 1 unspecified atom stereocenters. The molecule has 0 saturated carbocycles. The first-order valence-electron chi connectivity index (χ1n) is 7.96. The lowest BCUT2D eigenvalue weighted by Gasteiger charge is -2.17. The van der Waals surface area contributed by atoms with Gasteiger partial charge in [0, 0.05) is 18.0 Å². The van der Waals surface area contributed by atoms with Crippen LogP contribution in [0.3, 0.4) is 0 Å². The first-order chi connectivity index (χ1) is 10.1. The molecule has 6 heteroatoms. The fourth-order valence-electron chi connectivity index (χ4n) is 2.28. The molecular formula is C16H31IN4S. The first-order valence-corrected chi connectivity index (χ1v) is 8.78. The lowest BCUT2D eigenvalue weighted by Crippen LogP contribution is -2.41. The van der Waals surface area contributed by atoms with Gasteiger partial charge in [-0.15, -0.1) is 35.3 Å². The Balaban J connectivity index is 0.00000441. The Bertz CT molecular complexity index is 445. The zero-order valence-corrected chi connectivity index (χ0v) is 17.7. The summed E-state index contributed by atoms with van der Waals surface area (Å²) in [7, 11) is 1.82. The van der Waals surface area contributed by atoms with Crippen molar-refractivity contribution in [3.63, 3.8) is 0 Å². The third-order valence-corrected chi connectivity index (χ3v) is 4.59. The van der Waals surface area contributed by atoms with Crippen molar-refractivity contribution >= 4 is 41.3 Å². The number of aryl methyl sites for hydroxylation is 2. The summed E-state index contributed by atoms with van der Waals surface area (Å²) < 4.78 is 0. The van der Waals surface area contributed by atoms with Crippen molar-refractivity contribution in [1.82, 2.24) is 15.6 Å². The van der Waals surface area contributed by atoms with Crippen LogP contribution in [0.1, 0.15) is 61.5 Å². The minimum Gasteiger partial charge on any atom is -0.354 e. The molecule has 0 aliphatic rings. The van der Waals surface area contributed by atoms with Crippen molar-refractivity contribution in [2.45, 2.75) is 72.4 Å². The van der Waals surface area contributed by atoms with E-state index < -0.39 is 0 Å². The number of hydrogen-bond acceptors (Lipinski definition) is 3. The quantitative estimate of drug-likeness (QED) is 0.274. The molecule has 0 aliphatic carbocycles. The molecule has 1 heterocycles. The van der Waals surface area contributed by atoms with Crippen molar-refractivity contribution in [3.05, 3.63) is 15.6 Å². The molecule has 1 aromatic rings. The van der Waals surface area contributed by atoms with Crippen LogP contribution >= 0.6 is 35.3 Å². The second kappa shape index (κ2) is 12.1. The first kappa shape index (κ1) is 21.6. The highest BCUT2D eigenvalue weighted by Crippen LogP contribution is 2.16. The van der Waals surface area contributed by atoms with E-state index in [1.807, 2.05) is 14.0 Å². The molecule has 22 heavy (non-hydrogen) atoms. The third kappa shape index (κ3) is 8.31. The second-order valence-electron chi connectivity index (χ2n) is 5.56. The molecule has 0 bridgehead atoms. The van der Waals surface area contributed by atoms with E-state index in [9.17, 15) is 0 Å². The van der Waals surface area contributed by atoms with Gasteiger partial charge in [0.1, 0.15) is 0 Å². The molecule has 0 radical (unpaired) electrons. The van der Waals surface area contributed by atoms with Gasteiger partial charge in [0.25, 0.3) is 0 Å². The summed E-state index contributed by atoms with van der Waals surface area (Å²) in [5, 5.41) is 7.97. The van der Waals surface area contributed by atoms with Crippen LogP contribution < -0.4 is 10.6 Å². The van der Waals surface area contributed by atoms with Gasteiger partial charge in [0.15, 0.2) is 5.96 Å². The van der Waals surface area contributed by atoms with Crippen molar-refractivity contribution < 1.29 is 0 Å². The molecule has 0 aromatic carbocycles. The molecule has 1 rings (SSSR count). The van der Waals surface area contributed by atoms with Crippen LogP contribution in [0, 0.1) is 13.8 Å². The van der Waals surface area contributed by atoms with Crippen LogP contribution in [-0.2, 0) is 6.54 Å². The lowest BCUT2D eigenvalue weighted by molar-refractivity contribution is 0.537. The van der Waals surface area contributed by atoms with E-state index in [2.05, 4.69) is 41.4 Å². The van der Waals surface area contributed by atoms with Gasteiger partial charge in [0.05, 0.1) is 17.2 Å². The molecule has 0 amide bonds. The van der Waals surface area contributed by atoms with Crippen LogP contribution in [0.4, 0.5) is 0 Å². The molecule has 0 fully saturated rings. The van der Waals surface area contributed by atoms with Gasteiger partial charge >= 0.3 is 0 Å². The standard InChI is InChI=1S/C16H30N4S.HI/c1-6-7-8-9-10-12(2)19-16(17-5)18-11-15-13(3)20-14(4)21-15;/h12H,6-11H2,1-5H3,(H2,17,18,19);1H. The number of aromatic nitrogens is 1. The number of halogens is 1. The lowest BCUT2D eigenvalue weighted by atomic mass is 10.1. The Morgan fingerprint density at radius 1 is 1.27 bits per heavy atom. The summed E-state index contributed by atoms with van der Waals surface area (Å²) in [5.74, 6) is 0.878. The number of aliphatic imine (C=N–C) groups is 1. The molecule has 1 aromatic heterocycles. The number of unbranched alkanes of at least 4 members (excludes halogenated alkanes) is 3. The van der Waals surface area contributed by atoms with Crippen LogP contribution in [0.5, 0.6) is 0 Å². The maximum atomic E-state index is 4.45. The number of hydrogen-bond donors (Lipinski definition) is 2. The van der Waals surface area contributed by atoms with E-state index in [1.54, 1.807) is 11.3 Å². The van der Waals surface area contributed by atoms with Crippen LogP contribution in [0.25, 0.3) is 0 Å². The highest BCUT2D eigenvalue weighted by atomic mass is 127. The summed E-state index contributed by atoms with van der Waals surface area (Å²) in [5.41, 5.74) is 1.12. The number of thiazole rings is 1. The van der Waals surface area contributed by atoms with Crippen molar-refractivity contribution in [2.75, 3.05) is 7.05 Å². The summed E-state index contributed by atoms with van der Waals surface area (Å²) >= 11 is 1.75. The normalized spacial score (nSPS) is 12.7. The van der Waals surface area contributed by atoms with Gasteiger partial charge in [-0.2, -0.15) is 0 Å². The SMILES string of the molecule is CCCCCCC(C)NC(=NC)NCc1sc(C)nc1C.I. The number of rotatable bonds is 8. The van der Waals surface area contributed by atoms with Gasteiger partial charge in [0.2, 0.25) is 0 Å². The molecule has 0 saturated heterocycles. The fourth-order valence-corrected chi connectivity index (χ4v) is 3.16. The number of nitrogens with one attached hydrogen (secondary N) is 2. The van der Waals surface area contributed by atoms with Crippen molar-refractivity contribution in [3.8, 4) is 0 Å². The van der Waals surface area contributed by atoms with Gasteiger partial charge in [-0.25, -0.2) is 4.98 Å². The largest absolute Gasteiger partial charge is 0.354 e. The van der Waals surface area contributed by atoms with Crippen molar-refractivity contribution in [2.24, 2.45) is 4.99 Å². The minimum absolute atomic E-state index is 0. The Hall–Kier alpha value is -0.370. The van der Waals surface area contributed by atoms with Gasteiger partial charge < -0.3 is 10.6 Å². The monoisotopic (exact) mass is 438 g/mol. The number of nitrogens with zero attached hydrogens (tertiary/aromatic N) is 2. The zero-order valence-electron chi connectivity index (χ0n) is 14.5. The predicted octanol–water partition coefficient (Wildman–Crippen LogP) is 4.40. The minimum atomic E-state index is 0. The van der Waals surface area contributed by atoms with Crippen LogP contribution in [0.15, 0.2) is 4.99 Å². The molecule has 0 spiro atoms. The van der Waals surface area contributed by atoms with E-state index in [4.69, 9.17) is 0 Å². The van der Waals surface area contributed by atoms with E-state index in [-0.39, 0.29) is 24.0 Å². The summed E-state index contributed by atoms with van der Waals surface area (Å²) in [6.07, 6.45) is 6.43. The molecular weight excluding hydrogens is 407 g/mol. The maximum absolute atomic E-state index is 4.45. The molecule has 4 nitrogen and oxygen atoms in total. The molecule has 1 atom stereocenters. The average Bonchev–Trinajstić information content (AvgIpc) is 2.77. The highest BCUT2D eigenvalue weighted by molar-refractivity contribution is 14.0. The third-order valence-electron chi connectivity index (χ3n) is 3.51. The van der Waals surface area contributed by atoms with E-state index in [0.29, 0.717) is 6.04 Å². The number of guanidine groups is 1. The van der Waals surface area contributed by atoms with Crippen LogP contribution in [0.2, 0.25) is 0 Å². The van der Waals surface area contributed by atoms with Gasteiger partial charge in [-0.1, -0.05) is 32.6 Å². The van der Waals surface area contributed by atoms with E-state index in [0.717, 1.165) is 23.2 Å². The zero-order chi connectivity index (χ0) is 15.7. The fraction of sp³-hybridized carbons (Fsp3) is 0.750. The second-order valence-corrected chi connectivity index (χ2v) is 6.85. The molecule has 128 valence electrons. The summed E-state index contributed by atoms with van der Waals surface area (Å²) in [6.45, 7) is 9.37. The average molecular weight is 438 g/mol. The van der Waals surface area contributed by atoms with E-state index >= 15 is 0 Å². The van der Waals surface area contributed by atoms with E-state index in [1.165, 1.54) is 37.0 Å². The maximum Gasteiger partial charge on any atom is 0.191 e. The predicted molar refractivity (Wildman–Crippen MR) is 109 cm³/mol. The highest BCUT2D eigenvalue weighted by Gasteiger charge is 2.08. The van der Waals surface area contributed by atoms with Crippen LogP contribution in [-0.4, -0.2) is 24.0 Å². The summed E-state index contributed by atoms with van der Waals surface area (Å²) in [4.78, 5) is 10.0. The summed E-state index contributed by atoms with van der Waals surface area (Å²) in [6, 6.07) is 0.456.